The number of aliphatic carboxylic acids is 1. The van der Waals surface area contributed by atoms with Crippen molar-refractivity contribution < 1.29 is 14.7 Å². The molecule has 82 valence electrons. The van der Waals surface area contributed by atoms with Gasteiger partial charge in [-0.25, -0.2) is 9.78 Å². The first kappa shape index (κ1) is 13.2. The van der Waals surface area contributed by atoms with Gasteiger partial charge >= 0.3 is 5.97 Å². The quantitative estimate of drug-likeness (QED) is 0.584. The van der Waals surface area contributed by atoms with Crippen molar-refractivity contribution in [2.75, 3.05) is 12.8 Å². The minimum atomic E-state index is -1.22. The molecular weight excluding hydrogens is 222 g/mol. The van der Waals surface area contributed by atoms with Gasteiger partial charge < -0.3 is 15.7 Å². The Morgan fingerprint density at radius 1 is 1.60 bits per heavy atom. The number of hydrogen-bond acceptors (Lipinski definition) is 5. The Hall–Kier alpha value is -1.82. The molecular formula is C8H10ClN3O3. The van der Waals surface area contributed by atoms with Crippen LogP contribution >= 0.6 is 12.4 Å². The van der Waals surface area contributed by atoms with Crippen molar-refractivity contribution in [3.05, 3.63) is 23.9 Å². The van der Waals surface area contributed by atoms with Crippen molar-refractivity contribution in [3.8, 4) is 0 Å². The molecule has 0 aromatic carbocycles. The highest BCUT2D eigenvalue weighted by Crippen LogP contribution is 2.02. The van der Waals surface area contributed by atoms with Crippen LogP contribution in [-0.4, -0.2) is 28.9 Å². The zero-order valence-corrected chi connectivity index (χ0v) is 8.69. The highest BCUT2D eigenvalue weighted by Gasteiger charge is 2.14. The fourth-order valence-electron chi connectivity index (χ4n) is 0.870. The van der Waals surface area contributed by atoms with Crippen LogP contribution < -0.4 is 5.73 Å². The largest absolute Gasteiger partial charge is 0.476 e. The van der Waals surface area contributed by atoms with E-state index in [2.05, 4.69) is 15.0 Å². The van der Waals surface area contributed by atoms with Crippen LogP contribution in [0.4, 0.5) is 5.82 Å². The number of pyridine rings is 1. The zero-order valence-electron chi connectivity index (χ0n) is 7.88. The first-order chi connectivity index (χ1) is 6.65. The third-order valence-corrected chi connectivity index (χ3v) is 1.40. The van der Waals surface area contributed by atoms with Crippen LogP contribution in [0.25, 0.3) is 0 Å². The first-order valence-corrected chi connectivity index (χ1v) is 3.72. The lowest BCUT2D eigenvalue weighted by atomic mass is 10.2. The summed E-state index contributed by atoms with van der Waals surface area (Å²) in [4.78, 5) is 18.9. The van der Waals surface area contributed by atoms with Gasteiger partial charge in [-0.05, 0) is 12.1 Å². The van der Waals surface area contributed by atoms with E-state index >= 15 is 0 Å². The second-order valence-corrected chi connectivity index (χ2v) is 2.38. The molecule has 0 aliphatic carbocycles. The van der Waals surface area contributed by atoms with E-state index < -0.39 is 5.97 Å². The van der Waals surface area contributed by atoms with Crippen LogP contribution in [0.15, 0.2) is 23.4 Å². The summed E-state index contributed by atoms with van der Waals surface area (Å²) in [5, 5.41) is 12.1. The number of nitrogen functional groups attached to an aromatic ring is 1. The van der Waals surface area contributed by atoms with Crippen molar-refractivity contribution in [2.45, 2.75) is 0 Å². The van der Waals surface area contributed by atoms with Crippen molar-refractivity contribution in [1.82, 2.24) is 4.98 Å². The maximum absolute atomic E-state index is 10.7. The Bertz CT molecular complexity index is 381. The summed E-state index contributed by atoms with van der Waals surface area (Å²) < 4.78 is 0. The van der Waals surface area contributed by atoms with Gasteiger partial charge in [0, 0.05) is 0 Å². The van der Waals surface area contributed by atoms with Gasteiger partial charge in [-0.1, -0.05) is 11.2 Å². The van der Waals surface area contributed by atoms with E-state index in [-0.39, 0.29) is 29.6 Å². The van der Waals surface area contributed by atoms with Gasteiger partial charge in [-0.15, -0.1) is 12.4 Å². The summed E-state index contributed by atoms with van der Waals surface area (Å²) in [5.41, 5.74) is 5.28. The summed E-state index contributed by atoms with van der Waals surface area (Å²) in [6.45, 7) is 0. The molecule has 6 nitrogen and oxygen atoms in total. The fourth-order valence-corrected chi connectivity index (χ4v) is 0.870. The van der Waals surface area contributed by atoms with E-state index in [0.717, 1.165) is 0 Å². The molecule has 0 radical (unpaired) electrons. The summed E-state index contributed by atoms with van der Waals surface area (Å²) >= 11 is 0. The van der Waals surface area contributed by atoms with E-state index in [4.69, 9.17) is 10.8 Å². The van der Waals surface area contributed by atoms with E-state index in [1.807, 2.05) is 0 Å². The van der Waals surface area contributed by atoms with Crippen molar-refractivity contribution >= 4 is 29.9 Å². The Morgan fingerprint density at radius 3 is 2.73 bits per heavy atom. The molecule has 1 aromatic rings. The van der Waals surface area contributed by atoms with Crippen LogP contribution in [-0.2, 0) is 9.63 Å². The lowest BCUT2D eigenvalue weighted by Crippen LogP contribution is -2.16. The predicted octanol–water partition coefficient (Wildman–Crippen LogP) is 0.521. The lowest BCUT2D eigenvalue weighted by Gasteiger charge is -2.00. The van der Waals surface area contributed by atoms with Crippen molar-refractivity contribution in [1.29, 1.82) is 0 Å². The van der Waals surface area contributed by atoms with Gasteiger partial charge in [0.2, 0.25) is 5.71 Å². The van der Waals surface area contributed by atoms with Gasteiger partial charge in [0.05, 0.1) is 0 Å². The molecule has 1 rings (SSSR count). The molecule has 0 bridgehead atoms. The molecule has 3 N–H and O–H groups in total. The molecule has 15 heavy (non-hydrogen) atoms. The molecule has 0 saturated carbocycles. The van der Waals surface area contributed by atoms with E-state index in [1.54, 1.807) is 12.1 Å². The summed E-state index contributed by atoms with van der Waals surface area (Å²) in [6, 6.07) is 4.63. The monoisotopic (exact) mass is 231 g/mol. The molecule has 0 atom stereocenters. The van der Waals surface area contributed by atoms with Gasteiger partial charge in [-0.2, -0.15) is 0 Å². The second kappa shape index (κ2) is 5.82. The third-order valence-electron chi connectivity index (χ3n) is 1.40. The van der Waals surface area contributed by atoms with E-state index in [0.29, 0.717) is 0 Å². The number of nitrogens with zero attached hydrogens (tertiary/aromatic N) is 2. The minimum Gasteiger partial charge on any atom is -0.476 e. The van der Waals surface area contributed by atoms with Gasteiger partial charge in [0.15, 0.2) is 0 Å². The highest BCUT2D eigenvalue weighted by atomic mass is 35.5. The Kier molecular flexibility index (Phi) is 5.11. The summed E-state index contributed by atoms with van der Waals surface area (Å²) in [7, 11) is 1.26. The molecule has 0 aliphatic heterocycles. The number of anilines is 1. The molecule has 0 saturated heterocycles. The van der Waals surface area contributed by atoms with Crippen LogP contribution in [0.2, 0.25) is 0 Å². The number of carboxylic acid groups (broad SMARTS) is 1. The normalized spacial score (nSPS) is 10.3. The second-order valence-electron chi connectivity index (χ2n) is 2.38. The predicted molar refractivity (Wildman–Crippen MR) is 57.1 cm³/mol. The number of oxime groups is 1. The van der Waals surface area contributed by atoms with Crippen LogP contribution in [0.1, 0.15) is 5.69 Å². The van der Waals surface area contributed by atoms with Crippen molar-refractivity contribution in [3.63, 3.8) is 0 Å². The standard InChI is InChI=1S/C8H9N3O3.ClH/c1-14-11-7(8(12)13)5-3-2-4-6(9)10-5;/h2-4H,1H3,(H2,9,10)(H,12,13);1H. The smallest absolute Gasteiger partial charge is 0.360 e. The molecule has 0 fully saturated rings. The van der Waals surface area contributed by atoms with Gasteiger partial charge in [0.1, 0.15) is 18.6 Å². The molecule has 7 heteroatoms. The number of hydrogen-bond donors (Lipinski definition) is 2. The number of aromatic nitrogens is 1. The molecule has 1 aromatic heterocycles. The maximum atomic E-state index is 10.7. The number of carboxylic acids is 1. The topological polar surface area (TPSA) is 97.8 Å². The first-order valence-electron chi connectivity index (χ1n) is 3.72. The number of nitrogens with two attached hydrogens (primary N) is 1. The minimum absolute atomic E-state index is 0. The summed E-state index contributed by atoms with van der Waals surface area (Å²) in [5.74, 6) is -0.988. The summed E-state index contributed by atoms with van der Waals surface area (Å²) in [6.07, 6.45) is 0. The van der Waals surface area contributed by atoms with E-state index in [1.165, 1.54) is 13.2 Å². The molecule has 0 unspecified atom stereocenters. The maximum Gasteiger partial charge on any atom is 0.360 e. The van der Waals surface area contributed by atoms with Crippen LogP contribution in [0.5, 0.6) is 0 Å². The average molecular weight is 232 g/mol. The molecule has 1 heterocycles. The lowest BCUT2D eigenvalue weighted by molar-refractivity contribution is -0.129. The van der Waals surface area contributed by atoms with Crippen LogP contribution in [0.3, 0.4) is 0 Å². The average Bonchev–Trinajstić information content (AvgIpc) is 2.13. The van der Waals surface area contributed by atoms with Crippen LogP contribution in [0, 0.1) is 0 Å². The SMILES string of the molecule is CON=C(C(=O)O)c1cccc(N)n1.Cl. The number of carbonyl (C=O) groups is 1. The Labute approximate surface area is 92.2 Å². The molecule has 0 aliphatic rings. The fraction of sp³-hybridized carbons (Fsp3) is 0.125. The number of rotatable bonds is 3. The zero-order chi connectivity index (χ0) is 10.6. The van der Waals surface area contributed by atoms with Crippen molar-refractivity contribution in [2.24, 2.45) is 5.16 Å². The Morgan fingerprint density at radius 2 is 2.27 bits per heavy atom. The van der Waals surface area contributed by atoms with Gasteiger partial charge in [-0.3, -0.25) is 0 Å². The molecule has 0 amide bonds. The molecule has 0 spiro atoms. The number of halogens is 1. The van der Waals surface area contributed by atoms with Gasteiger partial charge in [0.25, 0.3) is 0 Å². The Balaban J connectivity index is 0.00000196. The highest BCUT2D eigenvalue weighted by molar-refractivity contribution is 6.41. The van der Waals surface area contributed by atoms with E-state index in [9.17, 15) is 4.79 Å². The third kappa shape index (κ3) is 3.43.